The van der Waals surface area contributed by atoms with Crippen molar-refractivity contribution in [2.24, 2.45) is 0 Å². The van der Waals surface area contributed by atoms with Gasteiger partial charge < -0.3 is 0 Å². The molecular formula is C20H24N4O2S2. The molecule has 0 aromatic heterocycles. The van der Waals surface area contributed by atoms with E-state index in [0.29, 0.717) is 15.6 Å². The van der Waals surface area contributed by atoms with Gasteiger partial charge in [-0.15, -0.1) is 0 Å². The highest BCUT2D eigenvalue weighted by Crippen LogP contribution is 2.05. The monoisotopic (exact) mass is 416 g/mol. The van der Waals surface area contributed by atoms with E-state index in [-0.39, 0.29) is 6.42 Å². The van der Waals surface area contributed by atoms with Crippen LogP contribution in [0, 0.1) is 0 Å². The van der Waals surface area contributed by atoms with Crippen LogP contribution < -0.4 is 10.9 Å². The van der Waals surface area contributed by atoms with Crippen molar-refractivity contribution >= 4 is 46.2 Å². The van der Waals surface area contributed by atoms with Crippen LogP contribution >= 0.6 is 24.4 Å². The third-order valence-electron chi connectivity index (χ3n) is 3.43. The van der Waals surface area contributed by atoms with E-state index in [1.165, 1.54) is 10.0 Å². The number of carbonyl (C=O) groups is 2. The van der Waals surface area contributed by atoms with Crippen LogP contribution in [0.2, 0.25) is 0 Å². The van der Waals surface area contributed by atoms with Crippen LogP contribution in [0.15, 0.2) is 66.8 Å². The number of nitrogens with one attached hydrogen (secondary N) is 2. The number of likely N-dealkylation sites (N-methyl/N-ethyl adjacent to an activating group) is 1. The van der Waals surface area contributed by atoms with Gasteiger partial charge in [0.15, 0.2) is 0 Å². The van der Waals surface area contributed by atoms with E-state index in [4.69, 9.17) is 24.4 Å². The molecule has 8 heteroatoms. The molecule has 6 nitrogen and oxygen atoms in total. The van der Waals surface area contributed by atoms with E-state index in [1.807, 2.05) is 43.3 Å². The predicted molar refractivity (Wildman–Crippen MR) is 120 cm³/mol. The molecule has 0 saturated heterocycles. The average molecular weight is 417 g/mol. The third kappa shape index (κ3) is 7.42. The number of rotatable bonds is 6. The van der Waals surface area contributed by atoms with Crippen molar-refractivity contribution in [3.63, 3.8) is 0 Å². The van der Waals surface area contributed by atoms with Gasteiger partial charge in [-0.2, -0.15) is 0 Å². The van der Waals surface area contributed by atoms with Crippen LogP contribution in [0.1, 0.15) is 18.9 Å². The molecule has 0 aliphatic carbocycles. The van der Waals surface area contributed by atoms with E-state index >= 15 is 0 Å². The molecule has 1 aromatic rings. The SMILES string of the molecule is C=C/C=C(\C=C/C)C(=S)N(C)NC(=O)CC(=O)NN(C)C(=S)c1ccccc1. The zero-order chi connectivity index (χ0) is 21.1. The fourth-order valence-corrected chi connectivity index (χ4v) is 2.54. The van der Waals surface area contributed by atoms with Crippen molar-refractivity contribution in [1.29, 1.82) is 0 Å². The number of hydrogen-bond donors (Lipinski definition) is 2. The van der Waals surface area contributed by atoms with Gasteiger partial charge in [0.2, 0.25) is 11.8 Å². The second-order valence-corrected chi connectivity index (χ2v) is 6.47. The molecule has 2 amide bonds. The van der Waals surface area contributed by atoms with Crippen LogP contribution in [0.25, 0.3) is 0 Å². The Labute approximate surface area is 176 Å². The first kappa shape index (κ1) is 23.2. The first-order valence-electron chi connectivity index (χ1n) is 8.45. The highest BCUT2D eigenvalue weighted by Gasteiger charge is 2.16. The molecule has 0 radical (unpaired) electrons. The number of carbonyl (C=O) groups excluding carboxylic acids is 2. The Balaban J connectivity index is 2.59. The van der Waals surface area contributed by atoms with Gasteiger partial charge in [0.05, 0.1) is 0 Å². The smallest absolute Gasteiger partial charge is 0.248 e. The highest BCUT2D eigenvalue weighted by molar-refractivity contribution is 7.81. The molecule has 1 aromatic carbocycles. The van der Waals surface area contributed by atoms with E-state index in [2.05, 4.69) is 17.4 Å². The molecular weight excluding hydrogens is 392 g/mol. The minimum absolute atomic E-state index is 0.376. The topological polar surface area (TPSA) is 64.7 Å². The largest absolute Gasteiger partial charge is 0.277 e. The summed E-state index contributed by atoms with van der Waals surface area (Å²) in [6.07, 6.45) is 6.60. The number of hydrogen-bond acceptors (Lipinski definition) is 4. The Bertz CT molecular complexity index is 804. The molecule has 0 heterocycles. The Hall–Kier alpha value is -2.84. The van der Waals surface area contributed by atoms with E-state index in [9.17, 15) is 9.59 Å². The van der Waals surface area contributed by atoms with Crippen molar-refractivity contribution in [3.8, 4) is 0 Å². The Morgan fingerprint density at radius 3 is 2.18 bits per heavy atom. The maximum absolute atomic E-state index is 12.1. The molecule has 148 valence electrons. The van der Waals surface area contributed by atoms with Gasteiger partial charge >= 0.3 is 0 Å². The van der Waals surface area contributed by atoms with Crippen LogP contribution in [-0.2, 0) is 9.59 Å². The normalized spacial score (nSPS) is 10.9. The number of hydrazine groups is 2. The summed E-state index contributed by atoms with van der Waals surface area (Å²) in [6, 6.07) is 9.26. The average Bonchev–Trinajstić information content (AvgIpc) is 2.66. The minimum Gasteiger partial charge on any atom is -0.277 e. The molecule has 0 aliphatic heterocycles. The first-order valence-corrected chi connectivity index (χ1v) is 9.27. The van der Waals surface area contributed by atoms with Crippen LogP contribution in [0.5, 0.6) is 0 Å². The molecule has 0 aliphatic rings. The number of benzene rings is 1. The van der Waals surface area contributed by atoms with Crippen molar-refractivity contribution in [3.05, 3.63) is 72.4 Å². The van der Waals surface area contributed by atoms with Crippen molar-refractivity contribution < 1.29 is 9.59 Å². The zero-order valence-corrected chi connectivity index (χ0v) is 17.8. The molecule has 0 saturated carbocycles. The molecule has 0 fully saturated rings. The van der Waals surface area contributed by atoms with Gasteiger partial charge in [-0.3, -0.25) is 30.5 Å². The van der Waals surface area contributed by atoms with Crippen LogP contribution in [0.4, 0.5) is 0 Å². The third-order valence-corrected chi connectivity index (χ3v) is 4.45. The first-order chi connectivity index (χ1) is 13.3. The Kier molecular flexibility index (Phi) is 9.76. The van der Waals surface area contributed by atoms with Crippen molar-refractivity contribution in [1.82, 2.24) is 20.9 Å². The Morgan fingerprint density at radius 1 is 1.07 bits per heavy atom. The summed E-state index contributed by atoms with van der Waals surface area (Å²) in [5, 5.41) is 2.80. The van der Waals surface area contributed by atoms with Crippen molar-refractivity contribution in [2.45, 2.75) is 13.3 Å². The zero-order valence-electron chi connectivity index (χ0n) is 16.1. The second kappa shape index (κ2) is 11.8. The summed E-state index contributed by atoms with van der Waals surface area (Å²) >= 11 is 10.7. The summed E-state index contributed by atoms with van der Waals surface area (Å²) in [5.41, 5.74) is 6.66. The number of allylic oxidation sites excluding steroid dienone is 3. The van der Waals surface area contributed by atoms with Gasteiger partial charge in [0.25, 0.3) is 0 Å². The molecule has 0 atom stereocenters. The summed E-state index contributed by atoms with van der Waals surface area (Å²) in [6.45, 7) is 5.50. The fraction of sp³-hybridized carbons (Fsp3) is 0.200. The second-order valence-electron chi connectivity index (χ2n) is 5.70. The summed E-state index contributed by atoms with van der Waals surface area (Å²) in [4.78, 5) is 25.1. The number of amides is 2. The lowest BCUT2D eigenvalue weighted by Gasteiger charge is -2.23. The highest BCUT2D eigenvalue weighted by atomic mass is 32.1. The predicted octanol–water partition coefficient (Wildman–Crippen LogP) is 2.69. The summed E-state index contributed by atoms with van der Waals surface area (Å²) in [7, 11) is 3.23. The quantitative estimate of drug-likeness (QED) is 0.244. The molecule has 0 unspecified atom stereocenters. The van der Waals surface area contributed by atoms with Gasteiger partial charge in [-0.25, -0.2) is 0 Å². The minimum atomic E-state index is -0.500. The molecule has 0 bridgehead atoms. The maximum Gasteiger partial charge on any atom is 0.248 e. The number of thiocarbonyl (C=S) groups is 2. The number of nitrogens with zero attached hydrogens (tertiary/aromatic N) is 2. The molecule has 1 rings (SSSR count). The molecule has 2 N–H and O–H groups in total. The van der Waals surface area contributed by atoms with Crippen LogP contribution in [0.3, 0.4) is 0 Å². The summed E-state index contributed by atoms with van der Waals surface area (Å²) < 4.78 is 0. The van der Waals surface area contributed by atoms with Crippen molar-refractivity contribution in [2.75, 3.05) is 14.1 Å². The van der Waals surface area contributed by atoms with Gasteiger partial charge in [0, 0.05) is 25.2 Å². The molecule has 0 spiro atoms. The fourth-order valence-electron chi connectivity index (χ4n) is 2.17. The lowest BCUT2D eigenvalue weighted by molar-refractivity contribution is -0.132. The van der Waals surface area contributed by atoms with Gasteiger partial charge in [-0.1, -0.05) is 85.7 Å². The Morgan fingerprint density at radius 2 is 1.64 bits per heavy atom. The van der Waals surface area contributed by atoms with Gasteiger partial charge in [0.1, 0.15) is 16.4 Å². The van der Waals surface area contributed by atoms with E-state index in [1.54, 1.807) is 32.3 Å². The van der Waals surface area contributed by atoms with E-state index in [0.717, 1.165) is 5.56 Å². The molecule has 28 heavy (non-hydrogen) atoms. The lowest BCUT2D eigenvalue weighted by Crippen LogP contribution is -2.47. The standard InChI is InChI=1S/C20H24N4O2S2/c1-5-10-15(11-6-2)19(27)23(3)21-17(25)14-18(26)22-24(4)20(28)16-12-8-7-9-13-16/h5-13H,1,14H2,2-4H3,(H,21,25)(H,22,26)/b11-6-,15-10+. The maximum atomic E-state index is 12.1. The van der Waals surface area contributed by atoms with Crippen LogP contribution in [-0.4, -0.2) is 45.9 Å². The lowest BCUT2D eigenvalue weighted by atomic mass is 10.2. The summed E-state index contributed by atoms with van der Waals surface area (Å²) in [5.74, 6) is -0.993. The van der Waals surface area contributed by atoms with Gasteiger partial charge in [-0.05, 0) is 6.92 Å². The van der Waals surface area contributed by atoms with E-state index < -0.39 is 11.8 Å².